The SMILES string of the molecule is NCC(=O)N[C@H]1C[C@@H](OCP(=O)(O)O)[C@H](O)[C@@H]1O. The molecule has 0 radical (unpaired) electrons. The van der Waals surface area contributed by atoms with Gasteiger partial charge < -0.3 is 35.8 Å². The first kappa shape index (κ1) is 15.5. The van der Waals surface area contributed by atoms with Gasteiger partial charge in [0, 0.05) is 0 Å². The predicted molar refractivity (Wildman–Crippen MR) is 59.4 cm³/mol. The molecule has 1 rings (SSSR count). The molecule has 0 saturated heterocycles. The van der Waals surface area contributed by atoms with Crippen molar-refractivity contribution in [2.24, 2.45) is 5.73 Å². The van der Waals surface area contributed by atoms with Crippen molar-refractivity contribution in [3.05, 3.63) is 0 Å². The zero-order chi connectivity index (χ0) is 13.9. The zero-order valence-electron chi connectivity index (χ0n) is 9.47. The molecule has 1 aliphatic carbocycles. The highest BCUT2D eigenvalue weighted by Gasteiger charge is 2.43. The predicted octanol–water partition coefficient (Wildman–Crippen LogP) is -2.92. The summed E-state index contributed by atoms with van der Waals surface area (Å²) in [6, 6.07) is -0.752. The van der Waals surface area contributed by atoms with Gasteiger partial charge >= 0.3 is 7.60 Å². The van der Waals surface area contributed by atoms with E-state index in [1.54, 1.807) is 0 Å². The van der Waals surface area contributed by atoms with Gasteiger partial charge in [-0.25, -0.2) is 0 Å². The lowest BCUT2D eigenvalue weighted by Crippen LogP contribution is -2.45. The highest BCUT2D eigenvalue weighted by Crippen LogP contribution is 2.36. The first-order valence-corrected chi connectivity index (χ1v) is 7.06. The summed E-state index contributed by atoms with van der Waals surface area (Å²) < 4.78 is 15.5. The molecule has 1 aliphatic rings. The molecule has 0 heterocycles. The van der Waals surface area contributed by atoms with Gasteiger partial charge in [-0.1, -0.05) is 0 Å². The summed E-state index contributed by atoms with van der Waals surface area (Å²) >= 11 is 0. The minimum atomic E-state index is -4.34. The quantitative estimate of drug-likeness (QED) is 0.292. The van der Waals surface area contributed by atoms with Crippen molar-refractivity contribution < 1.29 is 34.1 Å². The van der Waals surface area contributed by atoms with Crippen LogP contribution in [0.5, 0.6) is 0 Å². The molecular formula is C8H17N2O7P. The summed E-state index contributed by atoms with van der Waals surface area (Å²) in [4.78, 5) is 28.3. The largest absolute Gasteiger partial charge is 0.388 e. The van der Waals surface area contributed by atoms with E-state index >= 15 is 0 Å². The van der Waals surface area contributed by atoms with Gasteiger partial charge in [0.05, 0.1) is 18.7 Å². The number of carbonyl (C=O) groups is 1. The molecule has 0 unspecified atom stereocenters. The van der Waals surface area contributed by atoms with Crippen molar-refractivity contribution in [1.29, 1.82) is 0 Å². The summed E-state index contributed by atoms with van der Waals surface area (Å²) in [5.74, 6) is -0.498. The van der Waals surface area contributed by atoms with E-state index in [-0.39, 0.29) is 13.0 Å². The van der Waals surface area contributed by atoms with Crippen LogP contribution in [0.1, 0.15) is 6.42 Å². The van der Waals surface area contributed by atoms with E-state index in [0.29, 0.717) is 0 Å². The Hall–Kier alpha value is -0.540. The van der Waals surface area contributed by atoms with E-state index in [1.807, 2.05) is 0 Å². The van der Waals surface area contributed by atoms with E-state index in [0.717, 1.165) is 0 Å². The summed E-state index contributed by atoms with van der Waals surface area (Å²) in [5, 5.41) is 21.6. The lowest BCUT2D eigenvalue weighted by molar-refractivity contribution is -0.121. The van der Waals surface area contributed by atoms with Crippen molar-refractivity contribution in [2.45, 2.75) is 30.8 Å². The van der Waals surface area contributed by atoms with Crippen molar-refractivity contribution in [3.8, 4) is 0 Å². The normalized spacial score (nSPS) is 32.5. The number of carbonyl (C=O) groups excluding carboxylic acids is 1. The Morgan fingerprint density at radius 3 is 2.50 bits per heavy atom. The number of amides is 1. The van der Waals surface area contributed by atoms with Crippen LogP contribution in [0.25, 0.3) is 0 Å². The van der Waals surface area contributed by atoms with Crippen LogP contribution in [-0.4, -0.2) is 63.2 Å². The van der Waals surface area contributed by atoms with Gasteiger partial charge in [0.2, 0.25) is 5.91 Å². The molecule has 1 amide bonds. The third-order valence-electron chi connectivity index (χ3n) is 2.62. The average molecular weight is 284 g/mol. The number of aliphatic hydroxyl groups is 2. The maximum atomic E-state index is 11.0. The first-order valence-electron chi connectivity index (χ1n) is 5.26. The fourth-order valence-corrected chi connectivity index (χ4v) is 2.14. The molecule has 1 fully saturated rings. The second-order valence-corrected chi connectivity index (χ2v) is 5.68. The van der Waals surface area contributed by atoms with Gasteiger partial charge in [0.1, 0.15) is 18.6 Å². The molecule has 0 aromatic carbocycles. The fraction of sp³-hybridized carbons (Fsp3) is 0.875. The standard InChI is InChI=1S/C8H17N2O7P/c9-2-6(11)10-4-1-5(8(13)7(4)12)17-3-18(14,15)16/h4-5,7-8,12-13H,1-3,9H2,(H,10,11)(H2,14,15,16)/t4-,5+,7+,8-/m0/s1. The molecule has 0 spiro atoms. The minimum Gasteiger partial charge on any atom is -0.388 e. The highest BCUT2D eigenvalue weighted by molar-refractivity contribution is 7.51. The second-order valence-electron chi connectivity index (χ2n) is 4.09. The van der Waals surface area contributed by atoms with Crippen molar-refractivity contribution >= 4 is 13.5 Å². The third kappa shape index (κ3) is 4.29. The maximum Gasteiger partial charge on any atom is 0.350 e. The van der Waals surface area contributed by atoms with Crippen LogP contribution in [0.4, 0.5) is 0 Å². The van der Waals surface area contributed by atoms with Gasteiger partial charge in [-0.05, 0) is 6.42 Å². The molecule has 9 nitrogen and oxygen atoms in total. The second kappa shape index (κ2) is 6.07. The summed E-state index contributed by atoms with van der Waals surface area (Å²) in [5.41, 5.74) is 5.09. The number of ether oxygens (including phenoxy) is 1. The molecule has 10 heteroatoms. The Morgan fingerprint density at radius 2 is 2.00 bits per heavy atom. The van der Waals surface area contributed by atoms with E-state index in [9.17, 15) is 19.6 Å². The number of hydrogen-bond donors (Lipinski definition) is 6. The molecule has 1 saturated carbocycles. The van der Waals surface area contributed by atoms with Crippen molar-refractivity contribution in [2.75, 3.05) is 12.9 Å². The lowest BCUT2D eigenvalue weighted by Gasteiger charge is -2.17. The molecule has 106 valence electrons. The van der Waals surface area contributed by atoms with Gasteiger partial charge in [-0.2, -0.15) is 0 Å². The third-order valence-corrected chi connectivity index (χ3v) is 3.10. The average Bonchev–Trinajstić information content (AvgIpc) is 2.53. The molecule has 4 atom stereocenters. The molecule has 0 aliphatic heterocycles. The van der Waals surface area contributed by atoms with Crippen LogP contribution >= 0.6 is 7.60 Å². The first-order chi connectivity index (χ1) is 8.24. The molecule has 0 bridgehead atoms. The lowest BCUT2D eigenvalue weighted by atomic mass is 10.2. The van der Waals surface area contributed by atoms with Crippen molar-refractivity contribution in [3.63, 3.8) is 0 Å². The number of nitrogens with two attached hydrogens (primary N) is 1. The fourth-order valence-electron chi connectivity index (χ4n) is 1.76. The Balaban J connectivity index is 2.53. The van der Waals surface area contributed by atoms with Crippen LogP contribution in [-0.2, 0) is 14.1 Å². The summed E-state index contributed by atoms with van der Waals surface area (Å²) in [6.07, 6.45) is -4.33. The van der Waals surface area contributed by atoms with Crippen LogP contribution < -0.4 is 11.1 Å². The summed E-state index contributed by atoms with van der Waals surface area (Å²) in [6.45, 7) is -0.257. The van der Waals surface area contributed by atoms with Gasteiger partial charge in [-0.15, -0.1) is 0 Å². The van der Waals surface area contributed by atoms with E-state index in [1.165, 1.54) is 0 Å². The van der Waals surface area contributed by atoms with E-state index in [2.05, 4.69) is 5.32 Å². The minimum absolute atomic E-state index is 0.0497. The molecule has 7 N–H and O–H groups in total. The van der Waals surface area contributed by atoms with Crippen LogP contribution in [0.15, 0.2) is 0 Å². The van der Waals surface area contributed by atoms with Gasteiger partial charge in [0.25, 0.3) is 0 Å². The number of nitrogens with one attached hydrogen (secondary N) is 1. The topological polar surface area (TPSA) is 162 Å². The number of rotatable bonds is 5. The number of aliphatic hydroxyl groups excluding tert-OH is 2. The van der Waals surface area contributed by atoms with Crippen LogP contribution in [0, 0.1) is 0 Å². The zero-order valence-corrected chi connectivity index (χ0v) is 10.4. The molecule has 18 heavy (non-hydrogen) atoms. The number of hydrogen-bond acceptors (Lipinski definition) is 6. The maximum absolute atomic E-state index is 11.0. The van der Waals surface area contributed by atoms with Crippen molar-refractivity contribution in [1.82, 2.24) is 5.32 Å². The van der Waals surface area contributed by atoms with Crippen LogP contribution in [0.3, 0.4) is 0 Å². The van der Waals surface area contributed by atoms with Crippen LogP contribution in [0.2, 0.25) is 0 Å². The monoisotopic (exact) mass is 284 g/mol. The molecular weight excluding hydrogens is 267 g/mol. The Kier molecular flexibility index (Phi) is 5.23. The van der Waals surface area contributed by atoms with E-state index in [4.69, 9.17) is 20.3 Å². The Morgan fingerprint density at radius 1 is 1.39 bits per heavy atom. The van der Waals surface area contributed by atoms with E-state index < -0.39 is 44.2 Å². The Bertz CT molecular complexity index is 346. The highest BCUT2D eigenvalue weighted by atomic mass is 31.2. The molecule has 0 aromatic heterocycles. The Labute approximate surface area is 103 Å². The summed E-state index contributed by atoms with van der Waals surface area (Å²) in [7, 11) is -4.34. The van der Waals surface area contributed by atoms with Gasteiger partial charge in [-0.3, -0.25) is 9.36 Å². The van der Waals surface area contributed by atoms with Gasteiger partial charge in [0.15, 0.2) is 0 Å². The smallest absolute Gasteiger partial charge is 0.350 e. The molecule has 0 aromatic rings.